The Balaban J connectivity index is 1.80. The zero-order valence-electron chi connectivity index (χ0n) is 12.6. The molecule has 0 saturated heterocycles. The van der Waals surface area contributed by atoms with Gasteiger partial charge >= 0.3 is 0 Å². The van der Waals surface area contributed by atoms with Crippen molar-refractivity contribution < 1.29 is 9.53 Å². The minimum Gasteiger partial charge on any atom is -0.494 e. The first-order valence-corrected chi connectivity index (χ1v) is 8.04. The summed E-state index contributed by atoms with van der Waals surface area (Å²) in [6.07, 6.45) is 6.98. The highest BCUT2D eigenvalue weighted by Crippen LogP contribution is 2.16. The van der Waals surface area contributed by atoms with Crippen LogP contribution in [0.5, 0.6) is 5.75 Å². The summed E-state index contributed by atoms with van der Waals surface area (Å²) in [6, 6.07) is 11.0. The molecule has 0 aliphatic carbocycles. The number of aromatic nitrogens is 2. The van der Waals surface area contributed by atoms with Crippen LogP contribution in [0.2, 0.25) is 0 Å². The number of carbonyl (C=O) groups is 1. The number of fused-ring (bicyclic) bond motifs is 1. The van der Waals surface area contributed by atoms with Gasteiger partial charge < -0.3 is 4.74 Å². The predicted octanol–water partition coefficient (Wildman–Crippen LogP) is 4.39. The van der Waals surface area contributed by atoms with Crippen LogP contribution in [0.3, 0.4) is 0 Å². The predicted molar refractivity (Wildman–Crippen MR) is 93.9 cm³/mol. The topological polar surface area (TPSA) is 43.6 Å². The lowest BCUT2D eigenvalue weighted by molar-refractivity contribution is 0.104. The Labute approximate surface area is 142 Å². The molecule has 116 valence electrons. The zero-order valence-corrected chi connectivity index (χ0v) is 14.2. The molecule has 0 amide bonds. The van der Waals surface area contributed by atoms with Gasteiger partial charge in [-0.05, 0) is 71.4 Å². The average Bonchev–Trinajstić information content (AvgIpc) is 2.96. The van der Waals surface area contributed by atoms with Crippen LogP contribution in [0.4, 0.5) is 0 Å². The smallest absolute Gasteiger partial charge is 0.185 e. The number of rotatable bonds is 5. The van der Waals surface area contributed by atoms with E-state index in [9.17, 15) is 4.79 Å². The Morgan fingerprint density at radius 3 is 2.78 bits per heavy atom. The van der Waals surface area contributed by atoms with Crippen molar-refractivity contribution in [3.05, 3.63) is 70.6 Å². The SMILES string of the molecule is CCOc1ccc(C(=O)/C=C/c2cnc3ccc(Br)cn23)cc1. The van der Waals surface area contributed by atoms with Crippen molar-refractivity contribution in [1.29, 1.82) is 0 Å². The average molecular weight is 371 g/mol. The molecule has 0 bridgehead atoms. The summed E-state index contributed by atoms with van der Waals surface area (Å²) in [4.78, 5) is 16.6. The third-order valence-corrected chi connectivity index (χ3v) is 3.82. The molecule has 0 unspecified atom stereocenters. The molecule has 0 spiro atoms. The van der Waals surface area contributed by atoms with Crippen molar-refractivity contribution in [2.24, 2.45) is 0 Å². The molecule has 23 heavy (non-hydrogen) atoms. The van der Waals surface area contributed by atoms with Gasteiger partial charge in [-0.3, -0.25) is 9.20 Å². The highest BCUT2D eigenvalue weighted by molar-refractivity contribution is 9.10. The first-order valence-electron chi connectivity index (χ1n) is 7.25. The number of nitrogens with zero attached hydrogens (tertiary/aromatic N) is 2. The molecule has 0 atom stereocenters. The minimum atomic E-state index is -0.0574. The van der Waals surface area contributed by atoms with E-state index in [4.69, 9.17) is 4.74 Å². The van der Waals surface area contributed by atoms with Crippen LogP contribution < -0.4 is 4.74 Å². The van der Waals surface area contributed by atoms with Gasteiger partial charge in [0.2, 0.25) is 0 Å². The number of ether oxygens (including phenoxy) is 1. The van der Waals surface area contributed by atoms with Crippen molar-refractivity contribution in [2.45, 2.75) is 6.92 Å². The monoisotopic (exact) mass is 370 g/mol. The van der Waals surface area contributed by atoms with Gasteiger partial charge in [0.15, 0.2) is 5.78 Å². The summed E-state index contributed by atoms with van der Waals surface area (Å²) in [5.74, 6) is 0.706. The lowest BCUT2D eigenvalue weighted by Gasteiger charge is -2.02. The molecule has 0 saturated carbocycles. The summed E-state index contributed by atoms with van der Waals surface area (Å²) < 4.78 is 8.25. The highest BCUT2D eigenvalue weighted by atomic mass is 79.9. The van der Waals surface area contributed by atoms with Crippen molar-refractivity contribution in [2.75, 3.05) is 6.61 Å². The molecular weight excluding hydrogens is 356 g/mol. The third kappa shape index (κ3) is 3.51. The van der Waals surface area contributed by atoms with Gasteiger partial charge in [0.25, 0.3) is 0 Å². The molecule has 5 heteroatoms. The van der Waals surface area contributed by atoms with Crippen LogP contribution in [-0.4, -0.2) is 21.8 Å². The van der Waals surface area contributed by atoms with Crippen molar-refractivity contribution in [1.82, 2.24) is 9.38 Å². The van der Waals surface area contributed by atoms with Gasteiger partial charge in [0.05, 0.1) is 18.5 Å². The zero-order chi connectivity index (χ0) is 16.2. The number of hydrogen-bond donors (Lipinski definition) is 0. The summed E-state index contributed by atoms with van der Waals surface area (Å²) in [5.41, 5.74) is 2.31. The number of hydrogen-bond acceptors (Lipinski definition) is 3. The molecule has 3 aromatic rings. The van der Waals surface area contributed by atoms with E-state index in [1.54, 1.807) is 42.6 Å². The number of benzene rings is 1. The first-order chi connectivity index (χ1) is 11.2. The number of halogens is 1. The highest BCUT2D eigenvalue weighted by Gasteiger charge is 2.04. The molecule has 0 radical (unpaired) electrons. The van der Waals surface area contributed by atoms with E-state index in [0.29, 0.717) is 12.2 Å². The quantitative estimate of drug-likeness (QED) is 0.494. The second-order valence-corrected chi connectivity index (χ2v) is 5.83. The van der Waals surface area contributed by atoms with E-state index >= 15 is 0 Å². The largest absolute Gasteiger partial charge is 0.494 e. The maximum Gasteiger partial charge on any atom is 0.185 e. The van der Waals surface area contributed by atoms with Crippen LogP contribution in [0.1, 0.15) is 23.0 Å². The van der Waals surface area contributed by atoms with Crippen LogP contribution >= 0.6 is 15.9 Å². The lowest BCUT2D eigenvalue weighted by atomic mass is 10.1. The molecule has 0 N–H and O–H groups in total. The van der Waals surface area contributed by atoms with Crippen molar-refractivity contribution in [3.8, 4) is 5.75 Å². The fourth-order valence-electron chi connectivity index (χ4n) is 2.24. The summed E-state index contributed by atoms with van der Waals surface area (Å²) in [7, 11) is 0. The molecule has 0 aliphatic rings. The van der Waals surface area contributed by atoms with E-state index in [-0.39, 0.29) is 5.78 Å². The van der Waals surface area contributed by atoms with Crippen LogP contribution in [0.25, 0.3) is 11.7 Å². The first kappa shape index (κ1) is 15.5. The van der Waals surface area contributed by atoms with Crippen molar-refractivity contribution >= 4 is 33.4 Å². The molecule has 3 rings (SSSR count). The second-order valence-electron chi connectivity index (χ2n) is 4.91. The minimum absolute atomic E-state index is 0.0574. The van der Waals surface area contributed by atoms with E-state index < -0.39 is 0 Å². The Morgan fingerprint density at radius 2 is 2.04 bits per heavy atom. The molecule has 0 aliphatic heterocycles. The number of carbonyl (C=O) groups excluding carboxylic acids is 1. The molecular formula is C18H15BrN2O2. The Kier molecular flexibility index (Phi) is 4.57. The number of pyridine rings is 1. The van der Waals surface area contributed by atoms with Crippen molar-refractivity contribution in [3.63, 3.8) is 0 Å². The summed E-state index contributed by atoms with van der Waals surface area (Å²) >= 11 is 3.44. The molecule has 1 aromatic carbocycles. The van der Waals surface area contributed by atoms with Crippen LogP contribution in [0.15, 0.2) is 59.3 Å². The van der Waals surface area contributed by atoms with Gasteiger partial charge in [-0.25, -0.2) is 4.98 Å². The molecule has 2 heterocycles. The molecule has 2 aromatic heterocycles. The molecule has 4 nitrogen and oxygen atoms in total. The maximum absolute atomic E-state index is 12.2. The van der Waals surface area contributed by atoms with E-state index in [1.807, 2.05) is 29.7 Å². The Morgan fingerprint density at radius 1 is 1.26 bits per heavy atom. The molecule has 0 fully saturated rings. The fraction of sp³-hybridized carbons (Fsp3) is 0.111. The van der Waals surface area contributed by atoms with Gasteiger partial charge in [0, 0.05) is 16.2 Å². The van der Waals surface area contributed by atoms with Crippen LogP contribution in [0, 0.1) is 0 Å². The Bertz CT molecular complexity index is 866. The summed E-state index contributed by atoms with van der Waals surface area (Å²) in [5, 5.41) is 0. The maximum atomic E-state index is 12.2. The second kappa shape index (κ2) is 6.79. The third-order valence-electron chi connectivity index (χ3n) is 3.35. The Hall–Kier alpha value is -2.40. The van der Waals surface area contributed by atoms with Gasteiger partial charge in [-0.1, -0.05) is 0 Å². The van der Waals surface area contributed by atoms with Crippen LogP contribution in [-0.2, 0) is 0 Å². The fourth-order valence-corrected chi connectivity index (χ4v) is 2.57. The lowest BCUT2D eigenvalue weighted by Crippen LogP contribution is -1.96. The van der Waals surface area contributed by atoms with Gasteiger partial charge in [-0.15, -0.1) is 0 Å². The number of ketones is 1. The van der Waals surface area contributed by atoms with Gasteiger partial charge in [0.1, 0.15) is 11.4 Å². The number of imidazole rings is 1. The summed E-state index contributed by atoms with van der Waals surface area (Å²) in [6.45, 7) is 2.53. The van der Waals surface area contributed by atoms with E-state index in [0.717, 1.165) is 21.6 Å². The van der Waals surface area contributed by atoms with Gasteiger partial charge in [-0.2, -0.15) is 0 Å². The number of allylic oxidation sites excluding steroid dienone is 1. The van der Waals surface area contributed by atoms with E-state index in [2.05, 4.69) is 20.9 Å². The standard InChI is InChI=1S/C18H15BrN2O2/c1-2-23-16-7-3-13(4-8-16)17(22)9-6-15-11-20-18-10-5-14(19)12-21(15)18/h3-12H,2H2,1H3/b9-6+. The normalized spacial score (nSPS) is 11.2. The van der Waals surface area contributed by atoms with E-state index in [1.165, 1.54) is 0 Å².